The Bertz CT molecular complexity index is 1100. The van der Waals surface area contributed by atoms with Crippen molar-refractivity contribution in [3.63, 3.8) is 0 Å². The predicted octanol–water partition coefficient (Wildman–Crippen LogP) is 3.66. The largest absolute Gasteiger partial charge is 0.369 e. The molecule has 3 heterocycles. The van der Waals surface area contributed by atoms with E-state index in [2.05, 4.69) is 41.9 Å². The highest BCUT2D eigenvalue weighted by molar-refractivity contribution is 7.89. The molecule has 6 nitrogen and oxygen atoms in total. The highest BCUT2D eigenvalue weighted by Gasteiger charge is 2.31. The van der Waals surface area contributed by atoms with Crippen molar-refractivity contribution in [1.82, 2.24) is 13.9 Å². The van der Waals surface area contributed by atoms with Crippen molar-refractivity contribution in [3.05, 3.63) is 54.4 Å². The number of anilines is 1. The SMILES string of the molecule is CCCCn1cc(S(=O)(=O)N2CCN(c3cccc(C)c3)CC2)c2cccnc21. The lowest BCUT2D eigenvalue weighted by molar-refractivity contribution is 0.385. The van der Waals surface area contributed by atoms with Crippen molar-refractivity contribution in [2.24, 2.45) is 0 Å². The van der Waals surface area contributed by atoms with Gasteiger partial charge in [0.25, 0.3) is 0 Å². The number of aromatic nitrogens is 2. The zero-order valence-electron chi connectivity index (χ0n) is 17.1. The van der Waals surface area contributed by atoms with E-state index < -0.39 is 10.0 Å². The van der Waals surface area contributed by atoms with Gasteiger partial charge in [0.1, 0.15) is 10.5 Å². The Morgan fingerprint density at radius 2 is 1.86 bits per heavy atom. The Morgan fingerprint density at radius 1 is 1.07 bits per heavy atom. The first-order chi connectivity index (χ1) is 14.0. The van der Waals surface area contributed by atoms with E-state index in [1.807, 2.05) is 16.7 Å². The summed E-state index contributed by atoms with van der Waals surface area (Å²) in [5.41, 5.74) is 3.12. The van der Waals surface area contributed by atoms with Gasteiger partial charge in [0.15, 0.2) is 0 Å². The minimum atomic E-state index is -3.56. The van der Waals surface area contributed by atoms with Crippen LogP contribution >= 0.6 is 0 Å². The summed E-state index contributed by atoms with van der Waals surface area (Å²) < 4.78 is 30.5. The summed E-state index contributed by atoms with van der Waals surface area (Å²) in [6.45, 7) is 7.33. The van der Waals surface area contributed by atoms with E-state index in [4.69, 9.17) is 0 Å². The minimum absolute atomic E-state index is 0.376. The van der Waals surface area contributed by atoms with Gasteiger partial charge in [0.2, 0.25) is 10.0 Å². The fraction of sp³-hybridized carbons (Fsp3) is 0.409. The number of nitrogens with zero attached hydrogens (tertiary/aromatic N) is 4. The average Bonchev–Trinajstić information content (AvgIpc) is 3.12. The van der Waals surface area contributed by atoms with Gasteiger partial charge in [-0.1, -0.05) is 25.5 Å². The number of hydrogen-bond donors (Lipinski definition) is 0. The van der Waals surface area contributed by atoms with Crippen LogP contribution in [-0.2, 0) is 16.6 Å². The van der Waals surface area contributed by atoms with Gasteiger partial charge < -0.3 is 9.47 Å². The van der Waals surface area contributed by atoms with Crippen LogP contribution in [0.15, 0.2) is 53.7 Å². The number of hydrogen-bond acceptors (Lipinski definition) is 4. The molecule has 0 unspecified atom stereocenters. The van der Waals surface area contributed by atoms with E-state index in [0.29, 0.717) is 36.5 Å². The molecule has 1 aliphatic heterocycles. The van der Waals surface area contributed by atoms with Crippen LogP contribution in [-0.4, -0.2) is 48.5 Å². The Labute approximate surface area is 172 Å². The minimum Gasteiger partial charge on any atom is -0.369 e. The Hall–Kier alpha value is -2.38. The Kier molecular flexibility index (Phi) is 5.61. The predicted molar refractivity (Wildman–Crippen MR) is 117 cm³/mol. The molecule has 0 saturated carbocycles. The highest BCUT2D eigenvalue weighted by atomic mass is 32.2. The number of fused-ring (bicyclic) bond motifs is 1. The van der Waals surface area contributed by atoms with Crippen molar-refractivity contribution in [2.75, 3.05) is 31.1 Å². The Balaban J connectivity index is 1.58. The van der Waals surface area contributed by atoms with Crippen LogP contribution in [0.5, 0.6) is 0 Å². The molecule has 7 heteroatoms. The van der Waals surface area contributed by atoms with Gasteiger partial charge >= 0.3 is 0 Å². The van der Waals surface area contributed by atoms with E-state index >= 15 is 0 Å². The fourth-order valence-electron chi connectivity index (χ4n) is 3.95. The van der Waals surface area contributed by atoms with Gasteiger partial charge in [-0.2, -0.15) is 4.31 Å². The molecule has 0 atom stereocenters. The topological polar surface area (TPSA) is 58.4 Å². The summed E-state index contributed by atoms with van der Waals surface area (Å²) in [5, 5.41) is 0.713. The van der Waals surface area contributed by atoms with Crippen LogP contribution in [0.4, 0.5) is 5.69 Å². The third-order valence-electron chi connectivity index (χ3n) is 5.57. The first-order valence-electron chi connectivity index (χ1n) is 10.3. The van der Waals surface area contributed by atoms with E-state index in [-0.39, 0.29) is 0 Å². The van der Waals surface area contributed by atoms with Gasteiger partial charge in [-0.05, 0) is 43.2 Å². The first kappa shape index (κ1) is 19.9. The second-order valence-corrected chi connectivity index (χ2v) is 9.55. The quantitative estimate of drug-likeness (QED) is 0.620. The summed E-state index contributed by atoms with van der Waals surface area (Å²) in [4.78, 5) is 7.08. The highest BCUT2D eigenvalue weighted by Crippen LogP contribution is 2.28. The summed E-state index contributed by atoms with van der Waals surface area (Å²) in [7, 11) is -3.56. The molecule has 2 aromatic heterocycles. The lowest BCUT2D eigenvalue weighted by Gasteiger charge is -2.35. The summed E-state index contributed by atoms with van der Waals surface area (Å²) in [6.07, 6.45) is 5.54. The third-order valence-corrected chi connectivity index (χ3v) is 7.50. The van der Waals surface area contributed by atoms with Crippen LogP contribution in [0.25, 0.3) is 11.0 Å². The first-order valence-corrected chi connectivity index (χ1v) is 11.7. The molecule has 154 valence electrons. The van der Waals surface area contributed by atoms with Gasteiger partial charge in [0.05, 0.1) is 0 Å². The summed E-state index contributed by atoms with van der Waals surface area (Å²) in [5.74, 6) is 0. The molecule has 0 radical (unpaired) electrons. The van der Waals surface area contributed by atoms with Crippen molar-refractivity contribution < 1.29 is 8.42 Å². The maximum Gasteiger partial charge on any atom is 0.245 e. The second kappa shape index (κ2) is 8.16. The number of benzene rings is 1. The van der Waals surface area contributed by atoms with Crippen LogP contribution < -0.4 is 4.90 Å². The average molecular weight is 413 g/mol. The molecule has 1 fully saturated rings. The van der Waals surface area contributed by atoms with Gasteiger partial charge in [0, 0.05) is 56.2 Å². The van der Waals surface area contributed by atoms with Crippen LogP contribution in [0, 0.1) is 6.92 Å². The molecule has 0 spiro atoms. The van der Waals surface area contributed by atoms with Crippen LogP contribution in [0.2, 0.25) is 0 Å². The molecular weight excluding hydrogens is 384 g/mol. The maximum absolute atomic E-state index is 13.5. The molecule has 1 saturated heterocycles. The zero-order chi connectivity index (χ0) is 20.4. The van der Waals surface area contributed by atoms with Crippen LogP contribution in [0.1, 0.15) is 25.3 Å². The second-order valence-electron chi connectivity index (χ2n) is 7.65. The molecule has 1 aliphatic rings. The lowest BCUT2D eigenvalue weighted by atomic mass is 10.2. The van der Waals surface area contributed by atoms with E-state index in [1.165, 1.54) is 5.56 Å². The lowest BCUT2D eigenvalue weighted by Crippen LogP contribution is -2.48. The molecule has 0 N–H and O–H groups in total. The van der Waals surface area contributed by atoms with Crippen LogP contribution in [0.3, 0.4) is 0 Å². The zero-order valence-corrected chi connectivity index (χ0v) is 17.9. The molecule has 0 bridgehead atoms. The van der Waals surface area contributed by atoms with Gasteiger partial charge in [-0.15, -0.1) is 0 Å². The number of aryl methyl sites for hydroxylation is 2. The van der Waals surface area contributed by atoms with E-state index in [9.17, 15) is 8.42 Å². The number of unbranched alkanes of at least 4 members (excludes halogenated alkanes) is 1. The summed E-state index contributed by atoms with van der Waals surface area (Å²) >= 11 is 0. The number of pyridine rings is 1. The molecular formula is C22H28N4O2S. The molecule has 29 heavy (non-hydrogen) atoms. The fourth-order valence-corrected chi connectivity index (χ4v) is 5.57. The van der Waals surface area contributed by atoms with E-state index in [1.54, 1.807) is 22.8 Å². The Morgan fingerprint density at radius 3 is 2.59 bits per heavy atom. The molecule has 0 aliphatic carbocycles. The van der Waals surface area contributed by atoms with E-state index in [0.717, 1.165) is 30.7 Å². The van der Waals surface area contributed by atoms with Gasteiger partial charge in [-0.3, -0.25) is 0 Å². The standard InChI is InChI=1S/C22H28N4O2S/c1-3-4-11-25-17-21(20-9-6-10-23-22(20)25)29(27,28)26-14-12-24(13-15-26)19-8-5-7-18(2)16-19/h5-10,16-17H,3-4,11-15H2,1-2H3. The van der Waals surface area contributed by atoms with Crippen molar-refractivity contribution in [3.8, 4) is 0 Å². The molecule has 1 aromatic carbocycles. The van der Waals surface area contributed by atoms with Gasteiger partial charge in [-0.25, -0.2) is 13.4 Å². The number of piperazine rings is 1. The maximum atomic E-state index is 13.5. The monoisotopic (exact) mass is 412 g/mol. The van der Waals surface area contributed by atoms with Crippen molar-refractivity contribution in [1.29, 1.82) is 0 Å². The molecule has 4 rings (SSSR count). The molecule has 0 amide bonds. The third kappa shape index (κ3) is 3.89. The van der Waals surface area contributed by atoms with Crippen molar-refractivity contribution >= 4 is 26.7 Å². The number of sulfonamides is 1. The molecule has 3 aromatic rings. The summed E-state index contributed by atoms with van der Waals surface area (Å²) in [6, 6.07) is 12.0. The normalized spacial score (nSPS) is 15.9. The smallest absolute Gasteiger partial charge is 0.245 e. The number of rotatable bonds is 6. The van der Waals surface area contributed by atoms with Crippen molar-refractivity contribution in [2.45, 2.75) is 38.1 Å².